The summed E-state index contributed by atoms with van der Waals surface area (Å²) in [5.41, 5.74) is -0.408. The van der Waals surface area contributed by atoms with Crippen molar-refractivity contribution in [2.24, 2.45) is 5.92 Å². The van der Waals surface area contributed by atoms with Crippen molar-refractivity contribution < 1.29 is 9.78 Å². The Hall–Kier alpha value is -0.0800. The first-order chi connectivity index (χ1) is 7.16. The van der Waals surface area contributed by atoms with E-state index in [9.17, 15) is 0 Å². The summed E-state index contributed by atoms with van der Waals surface area (Å²) in [7, 11) is 0. The average Bonchev–Trinajstić information content (AvgIpc) is 2.13. The fourth-order valence-electron chi connectivity index (χ4n) is 1.36. The lowest BCUT2D eigenvalue weighted by Crippen LogP contribution is -2.30. The summed E-state index contributed by atoms with van der Waals surface area (Å²) in [5, 5.41) is 0. The van der Waals surface area contributed by atoms with Gasteiger partial charge in [-0.1, -0.05) is 33.1 Å². The molecule has 16 heavy (non-hydrogen) atoms. The highest BCUT2D eigenvalue weighted by Crippen LogP contribution is 2.23. The third-order valence-corrected chi connectivity index (χ3v) is 2.69. The molecule has 0 saturated carbocycles. The zero-order valence-electron chi connectivity index (χ0n) is 12.2. The minimum absolute atomic E-state index is 0.180. The van der Waals surface area contributed by atoms with Gasteiger partial charge in [-0.15, -0.1) is 0 Å². The van der Waals surface area contributed by atoms with Crippen molar-refractivity contribution in [2.45, 2.75) is 85.4 Å². The van der Waals surface area contributed by atoms with Crippen LogP contribution in [0.5, 0.6) is 0 Å². The Morgan fingerprint density at radius 3 is 2.00 bits per heavy atom. The second kappa shape index (κ2) is 6.61. The molecule has 0 radical (unpaired) electrons. The van der Waals surface area contributed by atoms with Crippen LogP contribution in [0.2, 0.25) is 0 Å². The number of rotatable bonds is 7. The Labute approximate surface area is 102 Å². The van der Waals surface area contributed by atoms with Gasteiger partial charge < -0.3 is 0 Å². The van der Waals surface area contributed by atoms with Crippen LogP contribution >= 0.6 is 0 Å². The van der Waals surface area contributed by atoms with E-state index in [2.05, 4.69) is 27.7 Å². The van der Waals surface area contributed by atoms with Crippen LogP contribution in [-0.2, 0) is 9.78 Å². The summed E-state index contributed by atoms with van der Waals surface area (Å²) in [6, 6.07) is 0. The first-order valence-electron chi connectivity index (χ1n) is 6.53. The molecule has 0 heterocycles. The van der Waals surface area contributed by atoms with Gasteiger partial charge in [0.2, 0.25) is 0 Å². The highest BCUT2D eigenvalue weighted by atomic mass is 17.2. The van der Waals surface area contributed by atoms with Crippen molar-refractivity contribution in [1.82, 2.24) is 0 Å². The second-order valence-corrected chi connectivity index (χ2v) is 6.44. The molecule has 0 aliphatic rings. The molecule has 1 unspecified atom stereocenters. The van der Waals surface area contributed by atoms with E-state index in [1.54, 1.807) is 0 Å². The molecule has 2 nitrogen and oxygen atoms in total. The van der Waals surface area contributed by atoms with E-state index in [4.69, 9.17) is 9.78 Å². The van der Waals surface area contributed by atoms with E-state index in [1.165, 1.54) is 19.3 Å². The maximum Gasteiger partial charge on any atom is 0.0980 e. The third-order valence-electron chi connectivity index (χ3n) is 2.69. The first-order valence-corrected chi connectivity index (χ1v) is 6.53. The Morgan fingerprint density at radius 1 is 1.00 bits per heavy atom. The normalized spacial score (nSPS) is 15.2. The summed E-state index contributed by atoms with van der Waals surface area (Å²) >= 11 is 0. The third kappa shape index (κ3) is 9.17. The van der Waals surface area contributed by atoms with Gasteiger partial charge in [0.1, 0.15) is 0 Å². The van der Waals surface area contributed by atoms with Crippen LogP contribution in [0.4, 0.5) is 0 Å². The Balaban J connectivity index is 3.78. The highest BCUT2D eigenvalue weighted by Gasteiger charge is 2.23. The predicted octanol–water partition coefficient (Wildman–Crippen LogP) is 4.73. The van der Waals surface area contributed by atoms with E-state index < -0.39 is 0 Å². The SMILES string of the molecule is CCC(C)CCCC(C)(C)OOC(C)(C)C. The van der Waals surface area contributed by atoms with Gasteiger partial charge in [0.15, 0.2) is 0 Å². The van der Waals surface area contributed by atoms with Crippen molar-refractivity contribution in [3.05, 3.63) is 0 Å². The van der Waals surface area contributed by atoms with Gasteiger partial charge in [0.25, 0.3) is 0 Å². The van der Waals surface area contributed by atoms with Crippen LogP contribution in [0, 0.1) is 5.92 Å². The molecule has 0 fully saturated rings. The van der Waals surface area contributed by atoms with Gasteiger partial charge in [-0.3, -0.25) is 0 Å². The summed E-state index contributed by atoms with van der Waals surface area (Å²) in [5.74, 6) is 0.819. The lowest BCUT2D eigenvalue weighted by atomic mass is 9.96. The molecule has 1 atom stereocenters. The molecule has 0 aliphatic heterocycles. The zero-order chi connectivity index (χ0) is 12.8. The topological polar surface area (TPSA) is 18.5 Å². The fraction of sp³-hybridized carbons (Fsp3) is 1.00. The van der Waals surface area contributed by atoms with Crippen molar-refractivity contribution in [3.8, 4) is 0 Å². The molecule has 0 bridgehead atoms. The molecule has 0 N–H and O–H groups in total. The van der Waals surface area contributed by atoms with Gasteiger partial charge in [-0.05, 0) is 47.0 Å². The second-order valence-electron chi connectivity index (χ2n) is 6.44. The van der Waals surface area contributed by atoms with E-state index in [0.717, 1.165) is 12.3 Å². The summed E-state index contributed by atoms with van der Waals surface area (Å²) < 4.78 is 0. The molecule has 0 rings (SSSR count). The van der Waals surface area contributed by atoms with E-state index >= 15 is 0 Å². The van der Waals surface area contributed by atoms with E-state index in [0.29, 0.717) is 0 Å². The molecule has 0 spiro atoms. The molecule has 0 aromatic heterocycles. The van der Waals surface area contributed by atoms with Crippen LogP contribution in [-0.4, -0.2) is 11.2 Å². The standard InChI is InChI=1S/C14H30O2/c1-8-12(2)10-9-11-14(6,7)16-15-13(3,4)5/h12H,8-11H2,1-7H3. The quantitative estimate of drug-likeness (QED) is 0.465. The van der Waals surface area contributed by atoms with Crippen LogP contribution in [0.1, 0.15) is 74.1 Å². The minimum atomic E-state index is -0.228. The van der Waals surface area contributed by atoms with Gasteiger partial charge in [0.05, 0.1) is 11.2 Å². The lowest BCUT2D eigenvalue weighted by molar-refractivity contribution is -0.398. The molecular weight excluding hydrogens is 200 g/mol. The van der Waals surface area contributed by atoms with Gasteiger partial charge in [0, 0.05) is 0 Å². The molecule has 2 heteroatoms. The molecule has 0 amide bonds. The number of hydrogen-bond acceptors (Lipinski definition) is 2. The van der Waals surface area contributed by atoms with Gasteiger partial charge in [-0.2, -0.15) is 0 Å². The van der Waals surface area contributed by atoms with Crippen LogP contribution < -0.4 is 0 Å². The molecule has 0 aliphatic carbocycles. The maximum atomic E-state index is 5.51. The van der Waals surface area contributed by atoms with Crippen molar-refractivity contribution >= 4 is 0 Å². The smallest absolute Gasteiger partial charge is 0.0980 e. The minimum Gasteiger partial charge on any atom is -0.230 e. The molecule has 98 valence electrons. The first kappa shape index (κ1) is 15.9. The lowest BCUT2D eigenvalue weighted by Gasteiger charge is -2.28. The average molecular weight is 230 g/mol. The molecular formula is C14H30O2. The van der Waals surface area contributed by atoms with E-state index in [-0.39, 0.29) is 11.2 Å². The summed E-state index contributed by atoms with van der Waals surface area (Å²) in [6.45, 7) is 14.7. The Morgan fingerprint density at radius 2 is 1.56 bits per heavy atom. The highest BCUT2D eigenvalue weighted by molar-refractivity contribution is 4.68. The van der Waals surface area contributed by atoms with Gasteiger partial charge >= 0.3 is 0 Å². The predicted molar refractivity (Wildman–Crippen MR) is 69.3 cm³/mol. The van der Waals surface area contributed by atoms with Crippen molar-refractivity contribution in [1.29, 1.82) is 0 Å². The van der Waals surface area contributed by atoms with Crippen molar-refractivity contribution in [2.75, 3.05) is 0 Å². The van der Waals surface area contributed by atoms with Gasteiger partial charge in [-0.25, -0.2) is 9.78 Å². The Kier molecular flexibility index (Phi) is 6.57. The molecule has 0 aromatic carbocycles. The van der Waals surface area contributed by atoms with Crippen LogP contribution in [0.3, 0.4) is 0 Å². The summed E-state index contributed by atoms with van der Waals surface area (Å²) in [4.78, 5) is 10.9. The maximum absolute atomic E-state index is 5.51. The Bertz CT molecular complexity index is 180. The summed E-state index contributed by atoms with van der Waals surface area (Å²) in [6.07, 6.45) is 4.79. The van der Waals surface area contributed by atoms with E-state index in [1.807, 2.05) is 20.8 Å². The van der Waals surface area contributed by atoms with Crippen LogP contribution in [0.15, 0.2) is 0 Å². The van der Waals surface area contributed by atoms with Crippen molar-refractivity contribution in [3.63, 3.8) is 0 Å². The van der Waals surface area contributed by atoms with Crippen LogP contribution in [0.25, 0.3) is 0 Å². The monoisotopic (exact) mass is 230 g/mol. The largest absolute Gasteiger partial charge is 0.230 e. The molecule has 0 saturated heterocycles. The fourth-order valence-corrected chi connectivity index (χ4v) is 1.36. The zero-order valence-corrected chi connectivity index (χ0v) is 12.2. The molecule has 0 aromatic rings. The number of hydrogen-bond donors (Lipinski definition) is 0.